The van der Waals surface area contributed by atoms with Crippen LogP contribution in [0.3, 0.4) is 0 Å². The van der Waals surface area contributed by atoms with Crippen LogP contribution < -0.4 is 0 Å². The van der Waals surface area contributed by atoms with E-state index in [1.807, 2.05) is 4.90 Å². The molecule has 0 bridgehead atoms. The van der Waals surface area contributed by atoms with Gasteiger partial charge in [-0.05, 0) is 12.3 Å². The average Bonchev–Trinajstić information content (AvgIpc) is 2.56. The third-order valence-electron chi connectivity index (χ3n) is 2.85. The van der Waals surface area contributed by atoms with E-state index in [1.54, 1.807) is 0 Å². The zero-order valence-corrected chi connectivity index (χ0v) is 9.59. The van der Waals surface area contributed by atoms with Crippen LogP contribution in [0.25, 0.3) is 0 Å². The lowest BCUT2D eigenvalue weighted by molar-refractivity contribution is 0.156. The second kappa shape index (κ2) is 5.44. The van der Waals surface area contributed by atoms with Gasteiger partial charge in [0.25, 0.3) is 0 Å². The van der Waals surface area contributed by atoms with Gasteiger partial charge in [0.1, 0.15) is 6.61 Å². The molecule has 1 heterocycles. The summed E-state index contributed by atoms with van der Waals surface area (Å²) in [5.74, 6) is 1.09. The molecule has 4 heteroatoms. The zero-order chi connectivity index (χ0) is 10.6. The Morgan fingerprint density at radius 3 is 3.00 bits per heavy atom. The fourth-order valence-electron chi connectivity index (χ4n) is 1.70. The molecule has 1 fully saturated rings. The molecule has 3 nitrogen and oxygen atoms in total. The van der Waals surface area contributed by atoms with Crippen molar-refractivity contribution in [2.45, 2.75) is 32.7 Å². The minimum absolute atomic E-state index is 0.180. The monoisotopic (exact) mass is 219 g/mol. The van der Waals surface area contributed by atoms with Gasteiger partial charge in [-0.2, -0.15) is 0 Å². The fraction of sp³-hybridized carbons (Fsp3) is 0.900. The third-order valence-corrected chi connectivity index (χ3v) is 3.11. The van der Waals surface area contributed by atoms with Crippen LogP contribution in [0.4, 0.5) is 4.79 Å². The summed E-state index contributed by atoms with van der Waals surface area (Å²) >= 11 is 5.61. The van der Waals surface area contributed by atoms with Gasteiger partial charge in [-0.1, -0.05) is 20.3 Å². The molecule has 0 aromatic heterocycles. The minimum atomic E-state index is -0.180. The lowest BCUT2D eigenvalue weighted by Crippen LogP contribution is -2.38. The summed E-state index contributed by atoms with van der Waals surface area (Å²) < 4.78 is 5.04. The predicted molar refractivity (Wildman–Crippen MR) is 56.6 cm³/mol. The number of halogens is 1. The molecular formula is C10H18ClNO2. The van der Waals surface area contributed by atoms with Crippen molar-refractivity contribution in [3.8, 4) is 0 Å². The third kappa shape index (κ3) is 2.53. The Bertz CT molecular complexity index is 199. The molecule has 0 aromatic rings. The lowest BCUT2D eigenvalue weighted by atomic mass is 9.99. The van der Waals surface area contributed by atoms with Gasteiger partial charge >= 0.3 is 6.09 Å². The van der Waals surface area contributed by atoms with Crippen molar-refractivity contribution in [3.05, 3.63) is 0 Å². The van der Waals surface area contributed by atoms with E-state index in [4.69, 9.17) is 16.3 Å². The van der Waals surface area contributed by atoms with Crippen LogP contribution in [-0.4, -0.2) is 36.1 Å². The number of cyclic esters (lactones) is 1. The van der Waals surface area contributed by atoms with Gasteiger partial charge in [-0.3, -0.25) is 0 Å². The van der Waals surface area contributed by atoms with Crippen LogP contribution in [0.5, 0.6) is 0 Å². The number of hydrogen-bond acceptors (Lipinski definition) is 2. The number of carbonyl (C=O) groups excluding carboxylic acids is 1. The van der Waals surface area contributed by atoms with Crippen LogP contribution in [0.2, 0.25) is 0 Å². The number of nitrogens with zero attached hydrogens (tertiary/aromatic N) is 1. The van der Waals surface area contributed by atoms with Gasteiger partial charge in [-0.15, -0.1) is 11.6 Å². The number of amides is 1. The molecular weight excluding hydrogens is 202 g/mol. The Morgan fingerprint density at radius 2 is 2.43 bits per heavy atom. The summed E-state index contributed by atoms with van der Waals surface area (Å²) in [5.41, 5.74) is 0. The first-order valence-electron chi connectivity index (χ1n) is 5.20. The van der Waals surface area contributed by atoms with E-state index < -0.39 is 0 Å². The number of rotatable bonds is 5. The Labute approximate surface area is 90.4 Å². The summed E-state index contributed by atoms with van der Waals surface area (Å²) in [6.45, 7) is 5.54. The molecule has 82 valence electrons. The van der Waals surface area contributed by atoms with Crippen molar-refractivity contribution < 1.29 is 9.53 Å². The molecule has 1 aliphatic rings. The SMILES string of the molecule is CCC(C)C1COC(=O)N1CCCCl. The van der Waals surface area contributed by atoms with Crippen molar-refractivity contribution >= 4 is 17.7 Å². The summed E-state index contributed by atoms with van der Waals surface area (Å²) in [7, 11) is 0. The highest BCUT2D eigenvalue weighted by molar-refractivity contribution is 6.17. The van der Waals surface area contributed by atoms with E-state index in [2.05, 4.69) is 13.8 Å². The topological polar surface area (TPSA) is 29.5 Å². The summed E-state index contributed by atoms with van der Waals surface area (Å²) in [4.78, 5) is 13.2. The number of carbonyl (C=O) groups is 1. The van der Waals surface area contributed by atoms with Crippen LogP contribution in [-0.2, 0) is 4.74 Å². The van der Waals surface area contributed by atoms with E-state index in [-0.39, 0.29) is 12.1 Å². The van der Waals surface area contributed by atoms with Crippen molar-refractivity contribution in [1.82, 2.24) is 4.90 Å². The second-order valence-electron chi connectivity index (χ2n) is 3.77. The lowest BCUT2D eigenvalue weighted by Gasteiger charge is -2.25. The number of alkyl halides is 1. The minimum Gasteiger partial charge on any atom is -0.447 e. The standard InChI is InChI=1S/C10H18ClNO2/c1-3-8(2)9-7-14-10(13)12(9)6-4-5-11/h8-9H,3-7H2,1-2H3. The maximum absolute atomic E-state index is 11.4. The molecule has 2 unspecified atom stereocenters. The quantitative estimate of drug-likeness (QED) is 0.665. The Hall–Kier alpha value is -0.440. The highest BCUT2D eigenvalue weighted by Crippen LogP contribution is 2.21. The maximum Gasteiger partial charge on any atom is 0.410 e. The summed E-state index contributed by atoms with van der Waals surface area (Å²) in [5, 5.41) is 0. The van der Waals surface area contributed by atoms with Gasteiger partial charge in [0.05, 0.1) is 6.04 Å². The molecule has 1 amide bonds. The van der Waals surface area contributed by atoms with Gasteiger partial charge in [0.15, 0.2) is 0 Å². The molecule has 1 rings (SSSR count). The molecule has 0 N–H and O–H groups in total. The fourth-order valence-corrected chi connectivity index (χ4v) is 1.82. The largest absolute Gasteiger partial charge is 0.447 e. The molecule has 1 aliphatic heterocycles. The molecule has 0 saturated carbocycles. The summed E-state index contributed by atoms with van der Waals surface area (Å²) in [6.07, 6.45) is 1.72. The highest BCUT2D eigenvalue weighted by atomic mass is 35.5. The normalized spacial score (nSPS) is 23.8. The smallest absolute Gasteiger partial charge is 0.410 e. The van der Waals surface area contributed by atoms with Crippen molar-refractivity contribution in [2.24, 2.45) is 5.92 Å². The zero-order valence-electron chi connectivity index (χ0n) is 8.83. The van der Waals surface area contributed by atoms with Crippen LogP contribution in [0.1, 0.15) is 26.7 Å². The van der Waals surface area contributed by atoms with Crippen LogP contribution in [0.15, 0.2) is 0 Å². The second-order valence-corrected chi connectivity index (χ2v) is 4.14. The number of hydrogen-bond donors (Lipinski definition) is 0. The van der Waals surface area contributed by atoms with E-state index in [1.165, 1.54) is 0 Å². The first-order chi connectivity index (χ1) is 6.70. The Morgan fingerprint density at radius 1 is 1.71 bits per heavy atom. The van der Waals surface area contributed by atoms with Gasteiger partial charge < -0.3 is 9.64 Å². The first-order valence-corrected chi connectivity index (χ1v) is 5.73. The Balaban J connectivity index is 2.52. The predicted octanol–water partition coefficient (Wildman–Crippen LogP) is 2.48. The van der Waals surface area contributed by atoms with Crippen LogP contribution >= 0.6 is 11.6 Å². The van der Waals surface area contributed by atoms with Crippen molar-refractivity contribution in [2.75, 3.05) is 19.0 Å². The van der Waals surface area contributed by atoms with E-state index in [9.17, 15) is 4.79 Å². The number of ether oxygens (including phenoxy) is 1. The maximum atomic E-state index is 11.4. The molecule has 14 heavy (non-hydrogen) atoms. The first kappa shape index (κ1) is 11.6. The molecule has 0 aliphatic carbocycles. The molecule has 1 saturated heterocycles. The van der Waals surface area contributed by atoms with E-state index >= 15 is 0 Å². The molecule has 2 atom stereocenters. The summed E-state index contributed by atoms with van der Waals surface area (Å²) in [6, 6.07) is 0.246. The van der Waals surface area contributed by atoms with Gasteiger partial charge in [0.2, 0.25) is 0 Å². The highest BCUT2D eigenvalue weighted by Gasteiger charge is 2.35. The molecule has 0 spiro atoms. The van der Waals surface area contributed by atoms with Crippen molar-refractivity contribution in [1.29, 1.82) is 0 Å². The van der Waals surface area contributed by atoms with Crippen LogP contribution in [0, 0.1) is 5.92 Å². The molecule has 0 radical (unpaired) electrons. The average molecular weight is 220 g/mol. The van der Waals surface area contributed by atoms with E-state index in [0.717, 1.165) is 19.4 Å². The Kier molecular flexibility index (Phi) is 4.52. The van der Waals surface area contributed by atoms with Gasteiger partial charge in [-0.25, -0.2) is 4.79 Å². The van der Waals surface area contributed by atoms with Crippen molar-refractivity contribution in [3.63, 3.8) is 0 Å². The van der Waals surface area contributed by atoms with Gasteiger partial charge in [0, 0.05) is 12.4 Å². The van der Waals surface area contributed by atoms with E-state index in [0.29, 0.717) is 18.4 Å². The molecule has 0 aromatic carbocycles.